The number of rotatable bonds is 6. The van der Waals surface area contributed by atoms with E-state index in [1.54, 1.807) is 0 Å². The van der Waals surface area contributed by atoms with Crippen molar-refractivity contribution in [2.75, 3.05) is 6.54 Å². The topological polar surface area (TPSA) is 12.0 Å². The van der Waals surface area contributed by atoms with Gasteiger partial charge in [-0.2, -0.15) is 0 Å². The van der Waals surface area contributed by atoms with Crippen LogP contribution in [-0.4, -0.2) is 12.6 Å². The van der Waals surface area contributed by atoms with Gasteiger partial charge in [-0.05, 0) is 47.4 Å². The molecule has 96 valence electrons. The van der Waals surface area contributed by atoms with Gasteiger partial charge in [0.25, 0.3) is 0 Å². The molecule has 0 spiro atoms. The number of hydrogen-bond donors (Lipinski definition) is 1. The number of nitrogens with one attached hydrogen (secondary N) is 1. The number of hydrogen-bond acceptors (Lipinski definition) is 1. The Hall–Kier alpha value is -0.480. The zero-order valence-electron chi connectivity index (χ0n) is 10.2. The molecule has 0 fully saturated rings. The van der Waals surface area contributed by atoms with Gasteiger partial charge in [-0.1, -0.05) is 20.3 Å². The average molecular weight is 306 g/mol. The second kappa shape index (κ2) is 7.07. The second-order valence-corrected chi connectivity index (χ2v) is 4.92. The molecule has 0 saturated carbocycles. The molecule has 4 heteroatoms. The summed E-state index contributed by atoms with van der Waals surface area (Å²) in [7, 11) is 0. The molecule has 1 unspecified atom stereocenters. The zero-order valence-corrected chi connectivity index (χ0v) is 11.8. The first kappa shape index (κ1) is 14.6. The van der Waals surface area contributed by atoms with Crippen LogP contribution in [0.2, 0.25) is 0 Å². The molecule has 0 bridgehead atoms. The fourth-order valence-electron chi connectivity index (χ4n) is 1.92. The van der Waals surface area contributed by atoms with Gasteiger partial charge in [-0.3, -0.25) is 0 Å². The molecule has 1 aromatic rings. The highest BCUT2D eigenvalue weighted by atomic mass is 79.9. The molecule has 0 saturated heterocycles. The fourth-order valence-corrected chi connectivity index (χ4v) is 2.29. The Labute approximate surface area is 110 Å². The van der Waals surface area contributed by atoms with E-state index in [4.69, 9.17) is 0 Å². The Morgan fingerprint density at radius 2 is 2.00 bits per heavy atom. The van der Waals surface area contributed by atoms with Gasteiger partial charge < -0.3 is 5.32 Å². The molecule has 17 heavy (non-hydrogen) atoms. The van der Waals surface area contributed by atoms with Crippen molar-refractivity contribution in [2.24, 2.45) is 0 Å². The predicted octanol–water partition coefficient (Wildman–Crippen LogP) is 4.05. The van der Waals surface area contributed by atoms with Gasteiger partial charge in [0.05, 0.1) is 4.47 Å². The van der Waals surface area contributed by atoms with E-state index in [2.05, 4.69) is 28.2 Å². The van der Waals surface area contributed by atoms with Crippen LogP contribution >= 0.6 is 15.9 Å². The van der Waals surface area contributed by atoms with E-state index >= 15 is 0 Å². The standard InChI is InChI=1S/C13H18BrF2N/c1-3-5-9(17-4-2)8-10-12(15)7-6-11(14)13(10)16/h6-7,9,17H,3-5,8H2,1-2H3. The summed E-state index contributed by atoms with van der Waals surface area (Å²) in [5.41, 5.74) is 0.166. The molecule has 0 aliphatic heterocycles. The summed E-state index contributed by atoms with van der Waals surface area (Å²) in [6, 6.07) is 2.83. The molecule has 0 aliphatic carbocycles. The van der Waals surface area contributed by atoms with Crippen LogP contribution in [0.1, 0.15) is 32.3 Å². The van der Waals surface area contributed by atoms with E-state index in [1.807, 2.05) is 6.92 Å². The van der Waals surface area contributed by atoms with E-state index in [0.29, 0.717) is 10.9 Å². The van der Waals surface area contributed by atoms with Gasteiger partial charge in [0, 0.05) is 11.6 Å². The van der Waals surface area contributed by atoms with E-state index in [9.17, 15) is 8.78 Å². The normalized spacial score (nSPS) is 12.8. The number of likely N-dealkylation sites (N-methyl/N-ethyl adjacent to an activating group) is 1. The Balaban J connectivity index is 2.88. The first-order valence-corrected chi connectivity index (χ1v) is 6.75. The SMILES string of the molecule is CCCC(Cc1c(F)ccc(Br)c1F)NCC. The van der Waals surface area contributed by atoms with Crippen LogP contribution in [0.25, 0.3) is 0 Å². The number of halogens is 3. The van der Waals surface area contributed by atoms with Gasteiger partial charge in [-0.15, -0.1) is 0 Å². The molecule has 1 nitrogen and oxygen atoms in total. The molecule has 1 aromatic carbocycles. The van der Waals surface area contributed by atoms with E-state index in [1.165, 1.54) is 12.1 Å². The van der Waals surface area contributed by atoms with Crippen molar-refractivity contribution in [1.29, 1.82) is 0 Å². The molecule has 0 aromatic heterocycles. The third-order valence-corrected chi connectivity index (χ3v) is 3.33. The van der Waals surface area contributed by atoms with Crippen LogP contribution in [0.3, 0.4) is 0 Å². The zero-order chi connectivity index (χ0) is 12.8. The second-order valence-electron chi connectivity index (χ2n) is 4.07. The minimum atomic E-state index is -0.482. The van der Waals surface area contributed by atoms with Gasteiger partial charge >= 0.3 is 0 Å². The third kappa shape index (κ3) is 4.03. The molecular formula is C13H18BrF2N. The molecule has 1 rings (SSSR count). The van der Waals surface area contributed by atoms with E-state index in [-0.39, 0.29) is 11.6 Å². The van der Waals surface area contributed by atoms with Crippen LogP contribution in [0.4, 0.5) is 8.78 Å². The van der Waals surface area contributed by atoms with Crippen LogP contribution < -0.4 is 5.32 Å². The summed E-state index contributed by atoms with van der Waals surface area (Å²) in [5, 5.41) is 3.26. The third-order valence-electron chi connectivity index (χ3n) is 2.72. The monoisotopic (exact) mass is 305 g/mol. The summed E-state index contributed by atoms with van der Waals surface area (Å²) in [5.74, 6) is -0.950. The molecule has 0 radical (unpaired) electrons. The molecule has 0 aliphatic rings. The molecule has 1 atom stereocenters. The molecule has 0 amide bonds. The first-order valence-electron chi connectivity index (χ1n) is 5.95. The predicted molar refractivity (Wildman–Crippen MR) is 70.1 cm³/mol. The Kier molecular flexibility index (Phi) is 6.06. The lowest BCUT2D eigenvalue weighted by Gasteiger charge is -2.18. The average Bonchev–Trinajstić information content (AvgIpc) is 2.30. The maximum absolute atomic E-state index is 13.8. The summed E-state index contributed by atoms with van der Waals surface area (Å²) in [4.78, 5) is 0. The van der Waals surface area contributed by atoms with Crippen molar-refractivity contribution < 1.29 is 8.78 Å². The fraction of sp³-hybridized carbons (Fsp3) is 0.538. The smallest absolute Gasteiger partial charge is 0.143 e. The lowest BCUT2D eigenvalue weighted by molar-refractivity contribution is 0.459. The molecule has 0 heterocycles. The molecule has 1 N–H and O–H groups in total. The van der Waals surface area contributed by atoms with Crippen molar-refractivity contribution in [3.8, 4) is 0 Å². The minimum absolute atomic E-state index is 0.128. The van der Waals surface area contributed by atoms with E-state index < -0.39 is 11.6 Å². The highest BCUT2D eigenvalue weighted by Gasteiger charge is 2.16. The van der Waals surface area contributed by atoms with Gasteiger partial charge in [0.2, 0.25) is 0 Å². The quantitative estimate of drug-likeness (QED) is 0.782. The summed E-state index contributed by atoms with van der Waals surface area (Å²) >= 11 is 3.09. The van der Waals surface area contributed by atoms with Crippen molar-refractivity contribution in [3.63, 3.8) is 0 Å². The molecular weight excluding hydrogens is 288 g/mol. The van der Waals surface area contributed by atoms with Gasteiger partial charge in [0.1, 0.15) is 11.6 Å². The van der Waals surface area contributed by atoms with Crippen molar-refractivity contribution in [1.82, 2.24) is 5.32 Å². The van der Waals surface area contributed by atoms with Crippen LogP contribution in [0.5, 0.6) is 0 Å². The summed E-state index contributed by atoms with van der Waals surface area (Å²) in [6.07, 6.45) is 2.30. The summed E-state index contributed by atoms with van der Waals surface area (Å²) < 4.78 is 27.7. The van der Waals surface area contributed by atoms with Crippen molar-refractivity contribution in [2.45, 2.75) is 39.2 Å². The number of benzene rings is 1. The lowest BCUT2D eigenvalue weighted by atomic mass is 10.0. The Morgan fingerprint density at radius 1 is 1.29 bits per heavy atom. The van der Waals surface area contributed by atoms with Crippen LogP contribution in [0, 0.1) is 11.6 Å². The summed E-state index contributed by atoms with van der Waals surface area (Å²) in [6.45, 7) is 4.87. The van der Waals surface area contributed by atoms with Crippen molar-refractivity contribution >= 4 is 15.9 Å². The van der Waals surface area contributed by atoms with Crippen LogP contribution in [-0.2, 0) is 6.42 Å². The Morgan fingerprint density at radius 3 is 2.59 bits per heavy atom. The highest BCUT2D eigenvalue weighted by molar-refractivity contribution is 9.10. The highest BCUT2D eigenvalue weighted by Crippen LogP contribution is 2.23. The van der Waals surface area contributed by atoms with Gasteiger partial charge in [0.15, 0.2) is 0 Å². The Bertz CT molecular complexity index is 363. The minimum Gasteiger partial charge on any atom is -0.314 e. The first-order chi connectivity index (χ1) is 8.10. The largest absolute Gasteiger partial charge is 0.314 e. The van der Waals surface area contributed by atoms with Gasteiger partial charge in [-0.25, -0.2) is 8.78 Å². The van der Waals surface area contributed by atoms with E-state index in [0.717, 1.165) is 19.4 Å². The maximum atomic E-state index is 13.8. The lowest BCUT2D eigenvalue weighted by Crippen LogP contribution is -2.31. The van der Waals surface area contributed by atoms with Crippen molar-refractivity contribution in [3.05, 3.63) is 33.8 Å². The van der Waals surface area contributed by atoms with Crippen LogP contribution in [0.15, 0.2) is 16.6 Å². The maximum Gasteiger partial charge on any atom is 0.143 e.